The van der Waals surface area contributed by atoms with Crippen LogP contribution < -0.4 is 4.74 Å². The summed E-state index contributed by atoms with van der Waals surface area (Å²) in [4.78, 5) is 6.01. The van der Waals surface area contributed by atoms with Gasteiger partial charge in [0, 0.05) is 5.56 Å². The molecule has 3 aromatic rings. The van der Waals surface area contributed by atoms with Crippen molar-refractivity contribution < 1.29 is 4.74 Å². The number of aryl methyl sites for hydroxylation is 2. The standard InChI is InChI=1S/C24H26BrNOS/c1-15-7-5-8-16(2)20(15)21-22(28-23(25)26-21)17-9-6-10-18(13-17)27-19-11-12-24(3,4)14-19/h5-10,13,19H,11-12,14H2,1-4H3. The van der Waals surface area contributed by atoms with Gasteiger partial charge in [0.05, 0.1) is 16.7 Å². The van der Waals surface area contributed by atoms with Gasteiger partial charge in [0.2, 0.25) is 0 Å². The maximum atomic E-state index is 6.35. The maximum Gasteiger partial charge on any atom is 0.160 e. The van der Waals surface area contributed by atoms with Crippen molar-refractivity contribution >= 4 is 27.3 Å². The third kappa shape index (κ3) is 4.04. The molecule has 0 amide bonds. The van der Waals surface area contributed by atoms with Crippen LogP contribution in [0.3, 0.4) is 0 Å². The van der Waals surface area contributed by atoms with E-state index in [2.05, 4.69) is 86.1 Å². The van der Waals surface area contributed by atoms with E-state index in [4.69, 9.17) is 9.72 Å². The molecule has 1 aromatic heterocycles. The molecule has 1 fully saturated rings. The molecule has 0 bridgehead atoms. The minimum atomic E-state index is 0.316. The highest BCUT2D eigenvalue weighted by atomic mass is 79.9. The van der Waals surface area contributed by atoms with Gasteiger partial charge in [-0.2, -0.15) is 0 Å². The molecule has 0 N–H and O–H groups in total. The van der Waals surface area contributed by atoms with Gasteiger partial charge < -0.3 is 4.74 Å². The van der Waals surface area contributed by atoms with Crippen LogP contribution in [0, 0.1) is 19.3 Å². The number of hydrogen-bond donors (Lipinski definition) is 0. The van der Waals surface area contributed by atoms with E-state index < -0.39 is 0 Å². The second kappa shape index (κ2) is 7.64. The second-order valence-electron chi connectivity index (χ2n) is 8.59. The van der Waals surface area contributed by atoms with Crippen molar-refractivity contribution in [2.75, 3.05) is 0 Å². The summed E-state index contributed by atoms with van der Waals surface area (Å²) in [5.74, 6) is 0.956. The van der Waals surface area contributed by atoms with Crippen LogP contribution in [0.5, 0.6) is 5.75 Å². The lowest BCUT2D eigenvalue weighted by Crippen LogP contribution is -2.14. The lowest BCUT2D eigenvalue weighted by Gasteiger charge is -2.18. The van der Waals surface area contributed by atoms with Gasteiger partial charge in [0.15, 0.2) is 3.92 Å². The monoisotopic (exact) mass is 455 g/mol. The highest BCUT2D eigenvalue weighted by Crippen LogP contribution is 2.43. The number of ether oxygens (including phenoxy) is 1. The molecule has 2 nitrogen and oxygen atoms in total. The van der Waals surface area contributed by atoms with Crippen LogP contribution >= 0.6 is 27.3 Å². The van der Waals surface area contributed by atoms with Gasteiger partial charge >= 0.3 is 0 Å². The highest BCUT2D eigenvalue weighted by molar-refractivity contribution is 9.11. The fourth-order valence-electron chi connectivity index (χ4n) is 4.22. The molecule has 0 saturated heterocycles. The predicted octanol–water partition coefficient (Wildman–Crippen LogP) is 7.81. The van der Waals surface area contributed by atoms with E-state index in [1.54, 1.807) is 11.3 Å². The van der Waals surface area contributed by atoms with Gasteiger partial charge in [-0.3, -0.25) is 0 Å². The Hall–Kier alpha value is -1.65. The fraction of sp³-hybridized carbons (Fsp3) is 0.375. The zero-order valence-corrected chi connectivity index (χ0v) is 19.3. The van der Waals surface area contributed by atoms with Gasteiger partial charge in [0.25, 0.3) is 0 Å². The summed E-state index contributed by atoms with van der Waals surface area (Å²) in [5.41, 5.74) is 6.32. The Morgan fingerprint density at radius 3 is 2.50 bits per heavy atom. The quantitative estimate of drug-likeness (QED) is 0.399. The van der Waals surface area contributed by atoms with E-state index in [-0.39, 0.29) is 0 Å². The average Bonchev–Trinajstić information content (AvgIpc) is 3.17. The summed E-state index contributed by atoms with van der Waals surface area (Å²) >= 11 is 5.29. The molecule has 4 rings (SSSR count). The SMILES string of the molecule is Cc1cccc(C)c1-c1nc(Br)sc1-c1cccc(OC2CCC(C)(C)C2)c1. The molecule has 1 aliphatic rings. The summed E-state index contributed by atoms with van der Waals surface area (Å²) in [6.07, 6.45) is 3.81. The van der Waals surface area contributed by atoms with Gasteiger partial charge in [-0.1, -0.05) is 44.2 Å². The highest BCUT2D eigenvalue weighted by Gasteiger charge is 2.32. The van der Waals surface area contributed by atoms with Crippen molar-refractivity contribution in [3.8, 4) is 27.4 Å². The van der Waals surface area contributed by atoms with E-state index in [1.165, 1.54) is 28.0 Å². The Morgan fingerprint density at radius 2 is 1.82 bits per heavy atom. The summed E-state index contributed by atoms with van der Waals surface area (Å²) in [5, 5.41) is 0. The Labute approximate surface area is 180 Å². The first-order valence-electron chi connectivity index (χ1n) is 9.82. The number of hydrogen-bond acceptors (Lipinski definition) is 3. The van der Waals surface area contributed by atoms with Crippen molar-refractivity contribution in [3.05, 3.63) is 57.5 Å². The zero-order valence-electron chi connectivity index (χ0n) is 16.9. The normalized spacial score (nSPS) is 18.4. The van der Waals surface area contributed by atoms with Crippen LogP contribution in [0.2, 0.25) is 0 Å². The first-order valence-corrected chi connectivity index (χ1v) is 11.4. The number of nitrogens with zero attached hydrogens (tertiary/aromatic N) is 1. The maximum absolute atomic E-state index is 6.35. The molecule has 0 aliphatic heterocycles. The van der Waals surface area contributed by atoms with Gasteiger partial charge in [-0.05, 0) is 83.3 Å². The summed E-state index contributed by atoms with van der Waals surface area (Å²) in [7, 11) is 0. The van der Waals surface area contributed by atoms with Gasteiger partial charge in [-0.25, -0.2) is 4.98 Å². The molecular weight excluding hydrogens is 430 g/mol. The summed E-state index contributed by atoms with van der Waals surface area (Å²) < 4.78 is 7.25. The van der Waals surface area contributed by atoms with E-state index in [9.17, 15) is 0 Å². The lowest BCUT2D eigenvalue weighted by molar-refractivity contribution is 0.193. The minimum Gasteiger partial charge on any atom is -0.490 e. The molecule has 1 unspecified atom stereocenters. The number of halogens is 1. The van der Waals surface area contributed by atoms with Crippen LogP contribution in [-0.4, -0.2) is 11.1 Å². The third-order valence-corrected chi connectivity index (χ3v) is 7.20. The van der Waals surface area contributed by atoms with Crippen molar-refractivity contribution in [1.82, 2.24) is 4.98 Å². The van der Waals surface area contributed by atoms with Crippen LogP contribution in [0.25, 0.3) is 21.7 Å². The molecular formula is C24H26BrNOS. The predicted molar refractivity (Wildman–Crippen MR) is 122 cm³/mol. The van der Waals surface area contributed by atoms with Crippen LogP contribution in [0.1, 0.15) is 44.2 Å². The van der Waals surface area contributed by atoms with E-state index in [1.807, 2.05) is 0 Å². The minimum absolute atomic E-state index is 0.316. The largest absolute Gasteiger partial charge is 0.490 e. The zero-order chi connectivity index (χ0) is 19.9. The second-order valence-corrected chi connectivity index (χ2v) is 10.9. The molecule has 1 saturated carbocycles. The third-order valence-electron chi connectivity index (χ3n) is 5.64. The van der Waals surface area contributed by atoms with E-state index >= 15 is 0 Å². The molecule has 2 aromatic carbocycles. The smallest absolute Gasteiger partial charge is 0.160 e. The van der Waals surface area contributed by atoms with Gasteiger partial charge in [0.1, 0.15) is 5.75 Å². The molecule has 4 heteroatoms. The first-order chi connectivity index (χ1) is 13.3. The summed E-state index contributed by atoms with van der Waals surface area (Å²) in [6.45, 7) is 8.97. The number of benzene rings is 2. The van der Waals surface area contributed by atoms with Crippen molar-refractivity contribution in [2.24, 2.45) is 5.41 Å². The Bertz CT molecular complexity index is 987. The number of aromatic nitrogens is 1. The molecule has 0 radical (unpaired) electrons. The van der Waals surface area contributed by atoms with Crippen LogP contribution in [0.15, 0.2) is 46.4 Å². The topological polar surface area (TPSA) is 22.1 Å². The van der Waals surface area contributed by atoms with Crippen molar-refractivity contribution in [2.45, 2.75) is 53.1 Å². The Balaban J connectivity index is 1.69. The molecule has 1 atom stereocenters. The van der Waals surface area contributed by atoms with E-state index in [0.717, 1.165) is 33.8 Å². The molecule has 146 valence electrons. The number of rotatable bonds is 4. The Kier molecular flexibility index (Phi) is 5.36. The van der Waals surface area contributed by atoms with Crippen molar-refractivity contribution in [3.63, 3.8) is 0 Å². The lowest BCUT2D eigenvalue weighted by atomic mass is 9.92. The summed E-state index contributed by atoms with van der Waals surface area (Å²) in [6, 6.07) is 14.9. The van der Waals surface area contributed by atoms with Crippen LogP contribution in [0.4, 0.5) is 0 Å². The Morgan fingerprint density at radius 1 is 1.11 bits per heavy atom. The number of thiazole rings is 1. The molecule has 28 heavy (non-hydrogen) atoms. The van der Waals surface area contributed by atoms with E-state index in [0.29, 0.717) is 11.5 Å². The molecule has 1 aliphatic carbocycles. The molecule has 0 spiro atoms. The average molecular weight is 456 g/mol. The fourth-order valence-corrected chi connectivity index (χ4v) is 5.68. The van der Waals surface area contributed by atoms with Gasteiger partial charge in [-0.15, -0.1) is 11.3 Å². The first kappa shape index (κ1) is 19.7. The van der Waals surface area contributed by atoms with Crippen LogP contribution in [-0.2, 0) is 0 Å². The van der Waals surface area contributed by atoms with Crippen molar-refractivity contribution in [1.29, 1.82) is 0 Å². The molecule has 1 heterocycles.